The first-order chi connectivity index (χ1) is 9.20. The quantitative estimate of drug-likeness (QED) is 0.769. The molecule has 0 atom stereocenters. The zero-order chi connectivity index (χ0) is 15.0. The number of nitrogens with zero attached hydrogens (tertiary/aromatic N) is 1. The highest BCUT2D eigenvalue weighted by atomic mass is 79.9. The Hall–Kier alpha value is -0.220. The summed E-state index contributed by atoms with van der Waals surface area (Å²) in [6.07, 6.45) is 1.93. The molecule has 0 spiro atoms. The van der Waals surface area contributed by atoms with Crippen molar-refractivity contribution >= 4 is 47.4 Å². The third-order valence-corrected chi connectivity index (χ3v) is 7.04. The Labute approximate surface area is 131 Å². The van der Waals surface area contributed by atoms with Crippen LogP contribution in [-0.4, -0.2) is 39.4 Å². The van der Waals surface area contributed by atoms with E-state index in [1.807, 2.05) is 0 Å². The predicted octanol–water partition coefficient (Wildman–Crippen LogP) is 1.35. The molecule has 0 amide bonds. The average molecular weight is 404 g/mol. The summed E-state index contributed by atoms with van der Waals surface area (Å²) in [6.45, 7) is 0. The van der Waals surface area contributed by atoms with Gasteiger partial charge in [0.15, 0.2) is 0 Å². The first-order valence-electron chi connectivity index (χ1n) is 5.73. The Morgan fingerprint density at radius 2 is 1.95 bits per heavy atom. The van der Waals surface area contributed by atoms with Gasteiger partial charge in [-0.25, -0.2) is 26.5 Å². The van der Waals surface area contributed by atoms with Gasteiger partial charge in [0.2, 0.25) is 10.0 Å². The molecule has 6 nitrogen and oxygen atoms in total. The molecule has 0 aliphatic carbocycles. The highest BCUT2D eigenvalue weighted by molar-refractivity contribution is 9.10. The number of pyridine rings is 1. The summed E-state index contributed by atoms with van der Waals surface area (Å²) in [7, 11) is -6.85. The van der Waals surface area contributed by atoms with E-state index in [4.69, 9.17) is 11.6 Å². The topological polar surface area (TPSA) is 93.2 Å². The molecule has 0 bridgehead atoms. The zero-order valence-corrected chi connectivity index (χ0v) is 14.2. The van der Waals surface area contributed by atoms with Crippen molar-refractivity contribution in [2.75, 3.05) is 11.5 Å². The van der Waals surface area contributed by atoms with Gasteiger partial charge in [0, 0.05) is 16.7 Å². The number of rotatable bonds is 3. The van der Waals surface area contributed by atoms with Crippen LogP contribution in [0.3, 0.4) is 0 Å². The van der Waals surface area contributed by atoms with Crippen molar-refractivity contribution < 1.29 is 16.8 Å². The van der Waals surface area contributed by atoms with E-state index in [2.05, 4.69) is 25.6 Å². The Morgan fingerprint density at radius 1 is 1.35 bits per heavy atom. The molecule has 112 valence electrons. The number of sulfone groups is 1. The van der Waals surface area contributed by atoms with Gasteiger partial charge in [0.05, 0.1) is 11.5 Å². The highest BCUT2D eigenvalue weighted by Crippen LogP contribution is 2.24. The van der Waals surface area contributed by atoms with Gasteiger partial charge in [-0.1, -0.05) is 11.6 Å². The molecular formula is C10H12BrClN2O4S2. The lowest BCUT2D eigenvalue weighted by Gasteiger charge is -2.23. The van der Waals surface area contributed by atoms with Crippen LogP contribution in [0.15, 0.2) is 21.6 Å². The summed E-state index contributed by atoms with van der Waals surface area (Å²) in [5.74, 6) is -0.0185. The standard InChI is InChI=1S/C10H12BrClN2O4S2/c11-7-5-9(10(12)13-6-7)20(17,18)14-8-1-3-19(15,16)4-2-8/h5-6,8,14H,1-4H2. The van der Waals surface area contributed by atoms with E-state index in [0.717, 1.165) is 0 Å². The van der Waals surface area contributed by atoms with Gasteiger partial charge in [-0.05, 0) is 34.8 Å². The minimum Gasteiger partial charge on any atom is -0.242 e. The zero-order valence-electron chi connectivity index (χ0n) is 10.2. The molecule has 0 unspecified atom stereocenters. The van der Waals surface area contributed by atoms with Crippen molar-refractivity contribution in [2.45, 2.75) is 23.8 Å². The molecule has 0 saturated carbocycles. The molecule has 20 heavy (non-hydrogen) atoms. The van der Waals surface area contributed by atoms with Crippen molar-refractivity contribution in [3.05, 3.63) is 21.9 Å². The van der Waals surface area contributed by atoms with Gasteiger partial charge in [-0.3, -0.25) is 0 Å². The number of aromatic nitrogens is 1. The predicted molar refractivity (Wildman–Crippen MR) is 78.9 cm³/mol. The maximum atomic E-state index is 12.2. The molecule has 1 saturated heterocycles. The summed E-state index contributed by atoms with van der Waals surface area (Å²) >= 11 is 8.93. The van der Waals surface area contributed by atoms with E-state index < -0.39 is 25.9 Å². The molecule has 2 rings (SSSR count). The Kier molecular flexibility index (Phi) is 4.75. The van der Waals surface area contributed by atoms with Crippen LogP contribution in [0.5, 0.6) is 0 Å². The number of sulfonamides is 1. The fourth-order valence-electron chi connectivity index (χ4n) is 1.88. The van der Waals surface area contributed by atoms with E-state index in [-0.39, 0.29) is 34.4 Å². The summed E-state index contributed by atoms with van der Waals surface area (Å²) < 4.78 is 50.1. The minimum absolute atomic E-state index is 0.00927. The number of halogens is 2. The lowest BCUT2D eigenvalue weighted by molar-refractivity contribution is 0.505. The Bertz CT molecular complexity index is 707. The van der Waals surface area contributed by atoms with E-state index in [0.29, 0.717) is 4.47 Å². The molecule has 1 aliphatic rings. The van der Waals surface area contributed by atoms with Gasteiger partial charge in [-0.2, -0.15) is 0 Å². The summed E-state index contributed by atoms with van der Waals surface area (Å²) in [6, 6.07) is 0.954. The molecule has 1 N–H and O–H groups in total. The number of hydrogen-bond acceptors (Lipinski definition) is 5. The van der Waals surface area contributed by atoms with Crippen LogP contribution in [0.1, 0.15) is 12.8 Å². The van der Waals surface area contributed by atoms with Crippen molar-refractivity contribution in [1.82, 2.24) is 9.71 Å². The molecule has 10 heteroatoms. The maximum absolute atomic E-state index is 12.2. The second-order valence-electron chi connectivity index (χ2n) is 4.49. The fourth-order valence-corrected chi connectivity index (χ4v) is 5.62. The molecule has 2 heterocycles. The Morgan fingerprint density at radius 3 is 2.55 bits per heavy atom. The normalized spacial score (nSPS) is 19.9. The molecule has 1 fully saturated rings. The first-order valence-corrected chi connectivity index (χ1v) is 10.2. The fraction of sp³-hybridized carbons (Fsp3) is 0.500. The Balaban J connectivity index is 2.18. The minimum atomic E-state index is -3.82. The molecule has 0 radical (unpaired) electrons. The summed E-state index contributed by atoms with van der Waals surface area (Å²) in [4.78, 5) is 3.64. The van der Waals surface area contributed by atoms with Gasteiger partial charge in [0.1, 0.15) is 19.9 Å². The van der Waals surface area contributed by atoms with Crippen molar-refractivity contribution in [1.29, 1.82) is 0 Å². The van der Waals surface area contributed by atoms with Crippen LogP contribution in [0.25, 0.3) is 0 Å². The van der Waals surface area contributed by atoms with Crippen LogP contribution in [0.2, 0.25) is 5.15 Å². The summed E-state index contributed by atoms with van der Waals surface area (Å²) in [5, 5.41) is -0.121. The second kappa shape index (κ2) is 5.88. The first kappa shape index (κ1) is 16.2. The van der Waals surface area contributed by atoms with Crippen LogP contribution in [-0.2, 0) is 19.9 Å². The van der Waals surface area contributed by atoms with E-state index in [1.165, 1.54) is 12.3 Å². The lowest BCUT2D eigenvalue weighted by Crippen LogP contribution is -2.40. The van der Waals surface area contributed by atoms with Gasteiger partial charge >= 0.3 is 0 Å². The third kappa shape index (κ3) is 3.91. The van der Waals surface area contributed by atoms with E-state index >= 15 is 0 Å². The summed E-state index contributed by atoms with van der Waals surface area (Å²) in [5.41, 5.74) is 0. The van der Waals surface area contributed by atoms with E-state index in [9.17, 15) is 16.8 Å². The number of nitrogens with one attached hydrogen (secondary N) is 1. The molecule has 1 aliphatic heterocycles. The number of hydrogen-bond donors (Lipinski definition) is 1. The van der Waals surface area contributed by atoms with Crippen molar-refractivity contribution in [2.24, 2.45) is 0 Å². The molecule has 1 aromatic heterocycles. The van der Waals surface area contributed by atoms with Crippen LogP contribution in [0, 0.1) is 0 Å². The van der Waals surface area contributed by atoms with Gasteiger partial charge in [0.25, 0.3) is 0 Å². The average Bonchev–Trinajstić information content (AvgIpc) is 2.35. The maximum Gasteiger partial charge on any atom is 0.243 e. The van der Waals surface area contributed by atoms with Crippen LogP contribution < -0.4 is 4.72 Å². The molecular weight excluding hydrogens is 392 g/mol. The third-order valence-electron chi connectivity index (χ3n) is 2.94. The van der Waals surface area contributed by atoms with Gasteiger partial charge in [-0.15, -0.1) is 0 Å². The van der Waals surface area contributed by atoms with Crippen molar-refractivity contribution in [3.8, 4) is 0 Å². The van der Waals surface area contributed by atoms with E-state index in [1.54, 1.807) is 0 Å². The highest BCUT2D eigenvalue weighted by Gasteiger charge is 2.28. The largest absolute Gasteiger partial charge is 0.243 e. The SMILES string of the molecule is O=S1(=O)CCC(NS(=O)(=O)c2cc(Br)cnc2Cl)CC1. The molecule has 0 aromatic carbocycles. The van der Waals surface area contributed by atoms with Crippen LogP contribution in [0.4, 0.5) is 0 Å². The smallest absolute Gasteiger partial charge is 0.242 e. The molecule has 1 aromatic rings. The van der Waals surface area contributed by atoms with Crippen LogP contribution >= 0.6 is 27.5 Å². The van der Waals surface area contributed by atoms with Gasteiger partial charge < -0.3 is 0 Å². The monoisotopic (exact) mass is 402 g/mol. The lowest BCUT2D eigenvalue weighted by atomic mass is 10.2. The van der Waals surface area contributed by atoms with Crippen molar-refractivity contribution in [3.63, 3.8) is 0 Å². The second-order valence-corrected chi connectivity index (χ2v) is 9.75.